The van der Waals surface area contributed by atoms with Gasteiger partial charge in [0.25, 0.3) is 0 Å². The first-order valence-electron chi connectivity index (χ1n) is 0.604. The maximum Gasteiger partial charge on any atom is 0 e. The van der Waals surface area contributed by atoms with Crippen molar-refractivity contribution in [1.82, 2.24) is 0 Å². The Kier molecular flexibility index (Phi) is 19.9. The Bertz CT molecular complexity index is 27.0. The minimum atomic E-state index is 0. The average molecular weight is 299 g/mol. The molecule has 0 aromatic heterocycles. The predicted molar refractivity (Wildman–Crippen MR) is 16.4 cm³/mol. The van der Waals surface area contributed by atoms with Crippen molar-refractivity contribution in [3.63, 3.8) is 0 Å². The molecule has 0 aliphatic heterocycles. The van der Waals surface area contributed by atoms with Crippen molar-refractivity contribution in [3.8, 4) is 0 Å². The average Bonchev–Trinajstić information content (AvgIpc) is 0.918. The first-order chi connectivity index (χ1) is 1.41. The van der Waals surface area contributed by atoms with E-state index in [1.54, 1.807) is 0 Å². The Morgan fingerprint density at radius 3 is 1.75 bits per heavy atom. The topological polar surface area (TPSA) is 0 Å². The minimum absolute atomic E-state index is 0. The zero-order valence-electron chi connectivity index (χ0n) is 2.41. The van der Waals surface area contributed by atoms with Crippen LogP contribution in [-0.2, 0) is 19.5 Å². The standard InChI is InChI=1S/C2H2.Pb.Zn/c1-2;;/h1H2;;. The molecule has 0 fully saturated rings. The molecule has 0 amide bonds. The van der Waals surface area contributed by atoms with Gasteiger partial charge in [0, 0.05) is 19.5 Å². The van der Waals surface area contributed by atoms with Crippen molar-refractivity contribution >= 4 is 28.5 Å². The van der Waals surface area contributed by atoms with Gasteiger partial charge in [-0.05, 0) is 0 Å². The molecule has 0 aromatic rings. The van der Waals surface area contributed by atoms with Crippen LogP contribution in [0.15, 0.2) is 6.58 Å². The molecular weight excluding hydrogens is 297 g/mol. The van der Waals surface area contributed by atoms with Gasteiger partial charge < -0.3 is 0 Å². The van der Waals surface area contributed by atoms with Gasteiger partial charge in [-0.25, -0.2) is 0 Å². The number of rotatable bonds is 0. The van der Waals surface area contributed by atoms with Crippen LogP contribution in [0.3, 0.4) is 0 Å². The molecule has 0 saturated carbocycles. The van der Waals surface area contributed by atoms with Gasteiger partial charge in [-0.15, -0.1) is 0 Å². The van der Waals surface area contributed by atoms with Gasteiger partial charge in [-0.3, -0.25) is 0 Å². The summed E-state index contributed by atoms with van der Waals surface area (Å²) in [7, 11) is 0. The van der Waals surface area contributed by atoms with Gasteiger partial charge >= 0.3 is 35.1 Å². The Hall–Kier alpha value is 1.20. The number of hydrogen-bond acceptors (Lipinski definition) is 0. The first kappa shape index (κ1) is 8.96. The van der Waals surface area contributed by atoms with Crippen molar-refractivity contribution in [2.24, 2.45) is 0 Å². The van der Waals surface area contributed by atoms with Gasteiger partial charge in [0.05, 0.1) is 0 Å². The van der Waals surface area contributed by atoms with E-state index in [4.69, 9.17) is 0 Å². The van der Waals surface area contributed by atoms with Crippen LogP contribution in [0.1, 0.15) is 0 Å². The summed E-state index contributed by atoms with van der Waals surface area (Å²) in [5.74, 6) is 0. The molecule has 0 aromatic carbocycles. The summed E-state index contributed by atoms with van der Waals surface area (Å²) in [5.41, 5.74) is 0. The van der Waals surface area contributed by atoms with E-state index in [1.807, 2.05) is 0 Å². The molecule has 4 heavy (non-hydrogen) atoms. The van der Waals surface area contributed by atoms with Gasteiger partial charge in [-0.2, -0.15) is 0 Å². The third kappa shape index (κ3) is 10.8. The van der Waals surface area contributed by atoms with Crippen LogP contribution in [0.25, 0.3) is 0 Å². The third-order valence-electron chi connectivity index (χ3n) is 0. The normalized spacial score (nSPS) is 2.00. The van der Waals surface area contributed by atoms with Crippen LogP contribution in [0.2, 0.25) is 0 Å². The predicted octanol–water partition coefficient (Wildman–Crippen LogP) is -0.260. The second kappa shape index (κ2) is 8.89. The van der Waals surface area contributed by atoms with Crippen LogP contribution >= 0.6 is 0 Å². The van der Waals surface area contributed by atoms with Crippen molar-refractivity contribution in [1.29, 1.82) is 0 Å². The fraction of sp³-hybridized carbons (Fsp3) is 0. The summed E-state index contributed by atoms with van der Waals surface area (Å²) in [6.07, 6.45) is 0. The second-order valence-corrected chi connectivity index (χ2v) is 1.55. The molecule has 0 heterocycles. The van der Waals surface area contributed by atoms with E-state index in [0.29, 0.717) is 0 Å². The Morgan fingerprint density at radius 2 is 1.75 bits per heavy atom. The Morgan fingerprint density at radius 1 is 1.75 bits per heavy atom. The zero-order valence-corrected chi connectivity index (χ0v) is 9.27. The molecule has 0 saturated heterocycles. The monoisotopic (exact) mass is 298 g/mol. The molecule has 0 rings (SSSR count). The second-order valence-electron chi connectivity index (χ2n) is 0.177. The Labute approximate surface area is 54.2 Å². The zero-order chi connectivity index (χ0) is 2.71. The molecule has 0 spiro atoms. The van der Waals surface area contributed by atoms with Crippen molar-refractivity contribution in [3.05, 3.63) is 6.58 Å². The van der Waals surface area contributed by atoms with E-state index in [9.17, 15) is 0 Å². The van der Waals surface area contributed by atoms with Crippen LogP contribution in [0.4, 0.5) is 0 Å². The van der Waals surface area contributed by atoms with E-state index < -0.39 is 0 Å². The van der Waals surface area contributed by atoms with Crippen LogP contribution in [0.5, 0.6) is 0 Å². The molecule has 0 nitrogen and oxygen atoms in total. The smallest absolute Gasteiger partial charge is 0 e. The summed E-state index contributed by atoms with van der Waals surface area (Å²) in [6.45, 7) is 3.30. The Balaban J connectivity index is 0. The van der Waals surface area contributed by atoms with E-state index >= 15 is 0 Å². The van der Waals surface area contributed by atoms with Crippen molar-refractivity contribution < 1.29 is 19.5 Å². The van der Waals surface area contributed by atoms with Crippen LogP contribution in [0, 0.1) is 0 Å². The van der Waals surface area contributed by atoms with E-state index in [2.05, 4.69) is 9.79 Å². The molecular formula is C2H2PbZn. The molecule has 0 atom stereocenters. The van der Waals surface area contributed by atoms with Gasteiger partial charge in [0.2, 0.25) is 0 Å². The fourth-order valence-corrected chi connectivity index (χ4v) is 0. The molecule has 16 valence electrons. The van der Waals surface area contributed by atoms with Crippen LogP contribution < -0.4 is 0 Å². The van der Waals surface area contributed by atoms with Crippen molar-refractivity contribution in [2.75, 3.05) is 0 Å². The third-order valence-corrected chi connectivity index (χ3v) is 0. The summed E-state index contributed by atoms with van der Waals surface area (Å²) in [6, 6.07) is 0. The van der Waals surface area contributed by atoms with Gasteiger partial charge in [0.15, 0.2) is 0 Å². The maximum atomic E-state index is 3.30. The summed E-state index contributed by atoms with van der Waals surface area (Å²) >= 11 is 1.01. The maximum absolute atomic E-state index is 3.30. The molecule has 2 radical (unpaired) electrons. The summed E-state index contributed by atoms with van der Waals surface area (Å²) in [4.78, 5) is 0. The van der Waals surface area contributed by atoms with Crippen molar-refractivity contribution in [2.45, 2.75) is 0 Å². The quantitative estimate of drug-likeness (QED) is 0.541. The molecule has 2 heteroatoms. The number of hydrogen-bond donors (Lipinski definition) is 0. The SMILES string of the molecule is C=[C]=[Pb].[Zn]. The fourth-order valence-electron chi connectivity index (χ4n) is 0. The molecule has 0 bridgehead atoms. The van der Waals surface area contributed by atoms with E-state index in [1.165, 1.54) is 0 Å². The molecule has 0 aliphatic rings. The largest absolute Gasteiger partial charge is 0 e. The minimum Gasteiger partial charge on any atom is 0 e. The summed E-state index contributed by atoms with van der Waals surface area (Å²) < 4.78 is 2.64. The van der Waals surface area contributed by atoms with Gasteiger partial charge in [-0.1, -0.05) is 0 Å². The molecule has 0 aliphatic carbocycles. The van der Waals surface area contributed by atoms with Gasteiger partial charge in [0.1, 0.15) is 0 Å². The van der Waals surface area contributed by atoms with E-state index in [-0.39, 0.29) is 19.5 Å². The molecule has 0 N–H and O–H groups in total. The summed E-state index contributed by atoms with van der Waals surface area (Å²) in [5, 5.41) is 0. The van der Waals surface area contributed by atoms with E-state index in [0.717, 1.165) is 25.3 Å². The molecule has 0 unspecified atom stereocenters. The van der Waals surface area contributed by atoms with Crippen LogP contribution in [-0.4, -0.2) is 28.5 Å². The first-order valence-corrected chi connectivity index (χ1v) is 2.55.